The highest BCUT2D eigenvalue weighted by Crippen LogP contribution is 2.23. The number of carbonyl (C=O) groups excluding carboxylic acids is 1. The van der Waals surface area contributed by atoms with Crippen LogP contribution < -0.4 is 10.2 Å². The average molecular weight is 313 g/mol. The van der Waals surface area contributed by atoms with Gasteiger partial charge in [0, 0.05) is 19.3 Å². The molecule has 0 saturated carbocycles. The third-order valence-corrected chi connectivity index (χ3v) is 4.26. The fraction of sp³-hybridized carbons (Fsp3) is 0.333. The highest BCUT2D eigenvalue weighted by molar-refractivity contribution is 6.04. The summed E-state index contributed by atoms with van der Waals surface area (Å²) in [6.45, 7) is 4.20. The zero-order chi connectivity index (χ0) is 16.2. The van der Waals surface area contributed by atoms with Crippen molar-refractivity contribution in [1.82, 2.24) is 4.98 Å². The highest BCUT2D eigenvalue weighted by Gasteiger charge is 2.17. The number of halogens is 1. The Kier molecular flexibility index (Phi) is 4.55. The first-order chi connectivity index (χ1) is 11.1. The summed E-state index contributed by atoms with van der Waals surface area (Å²) in [5, 5.41) is 2.59. The van der Waals surface area contributed by atoms with E-state index >= 15 is 0 Å². The maximum absolute atomic E-state index is 13.6. The van der Waals surface area contributed by atoms with E-state index in [1.54, 1.807) is 18.3 Å². The molecule has 0 unspecified atom stereocenters. The molecule has 2 heterocycles. The number of nitrogens with one attached hydrogen (secondary N) is 1. The van der Waals surface area contributed by atoms with E-state index in [0.717, 1.165) is 37.5 Å². The van der Waals surface area contributed by atoms with Gasteiger partial charge in [0.1, 0.15) is 5.82 Å². The molecular formula is C18H20FN3O. The largest absolute Gasteiger partial charge is 0.370 e. The lowest BCUT2D eigenvalue weighted by molar-refractivity contribution is 0.102. The molecule has 0 atom stereocenters. The second-order valence-electron chi connectivity index (χ2n) is 6.04. The normalized spacial score (nSPS) is 15.5. The monoisotopic (exact) mass is 313 g/mol. The Morgan fingerprint density at radius 1 is 1.26 bits per heavy atom. The third kappa shape index (κ3) is 3.67. The summed E-state index contributed by atoms with van der Waals surface area (Å²) in [6, 6.07) is 7.95. The molecule has 1 amide bonds. The fourth-order valence-corrected chi connectivity index (χ4v) is 2.75. The molecule has 4 nitrogen and oxygen atoms in total. The van der Waals surface area contributed by atoms with Crippen molar-refractivity contribution in [2.45, 2.75) is 19.8 Å². The van der Waals surface area contributed by atoms with Crippen LogP contribution in [0.3, 0.4) is 0 Å². The predicted octanol–water partition coefficient (Wildman–Crippen LogP) is 3.71. The Labute approximate surface area is 135 Å². The van der Waals surface area contributed by atoms with E-state index in [1.165, 1.54) is 18.3 Å². The number of hydrogen-bond donors (Lipinski definition) is 1. The first-order valence-corrected chi connectivity index (χ1v) is 7.89. The van der Waals surface area contributed by atoms with Crippen LogP contribution in [-0.4, -0.2) is 24.0 Å². The van der Waals surface area contributed by atoms with E-state index in [4.69, 9.17) is 0 Å². The number of nitrogens with zero attached hydrogens (tertiary/aromatic N) is 2. The maximum atomic E-state index is 13.6. The lowest BCUT2D eigenvalue weighted by Crippen LogP contribution is -2.33. The summed E-state index contributed by atoms with van der Waals surface area (Å²) in [4.78, 5) is 18.7. The predicted molar refractivity (Wildman–Crippen MR) is 89.2 cm³/mol. The molecule has 23 heavy (non-hydrogen) atoms. The van der Waals surface area contributed by atoms with Gasteiger partial charge in [0.25, 0.3) is 5.91 Å². The van der Waals surface area contributed by atoms with Crippen LogP contribution in [0.1, 0.15) is 30.1 Å². The molecule has 2 aromatic rings. The average Bonchev–Trinajstić information content (AvgIpc) is 2.58. The summed E-state index contributed by atoms with van der Waals surface area (Å²) in [5.74, 6) is -0.0587. The summed E-state index contributed by atoms with van der Waals surface area (Å²) in [5.41, 5.74) is 1.55. The highest BCUT2D eigenvalue weighted by atomic mass is 19.1. The Morgan fingerprint density at radius 3 is 2.74 bits per heavy atom. The minimum absolute atomic E-state index is 0.176. The number of hydrogen-bond acceptors (Lipinski definition) is 3. The first kappa shape index (κ1) is 15.5. The van der Waals surface area contributed by atoms with E-state index in [-0.39, 0.29) is 11.6 Å². The number of rotatable bonds is 3. The van der Waals surface area contributed by atoms with Crippen molar-refractivity contribution in [3.05, 3.63) is 54.1 Å². The van der Waals surface area contributed by atoms with E-state index in [9.17, 15) is 9.18 Å². The number of para-hydroxylation sites is 1. The van der Waals surface area contributed by atoms with Gasteiger partial charge in [-0.25, -0.2) is 4.39 Å². The van der Waals surface area contributed by atoms with Crippen LogP contribution in [0.2, 0.25) is 0 Å². The molecule has 1 aromatic heterocycles. The topological polar surface area (TPSA) is 45.2 Å². The molecule has 0 spiro atoms. The SMILES string of the molecule is CC1CCN(c2cncc(C(=O)Nc3ccccc3F)c2)CC1. The van der Waals surface area contributed by atoms with Crippen molar-refractivity contribution in [3.63, 3.8) is 0 Å². The number of anilines is 2. The molecule has 120 valence electrons. The van der Waals surface area contributed by atoms with Gasteiger partial charge in [-0.15, -0.1) is 0 Å². The van der Waals surface area contributed by atoms with Crippen molar-refractivity contribution in [2.75, 3.05) is 23.3 Å². The van der Waals surface area contributed by atoms with Crippen LogP contribution in [0.5, 0.6) is 0 Å². The second kappa shape index (κ2) is 6.77. The van der Waals surface area contributed by atoms with Crippen molar-refractivity contribution >= 4 is 17.3 Å². The molecule has 0 radical (unpaired) electrons. The minimum Gasteiger partial charge on any atom is -0.370 e. The van der Waals surface area contributed by atoms with Crippen LogP contribution in [0.4, 0.5) is 15.8 Å². The number of aromatic nitrogens is 1. The van der Waals surface area contributed by atoms with Gasteiger partial charge in [-0.05, 0) is 37.0 Å². The van der Waals surface area contributed by atoms with Gasteiger partial charge in [0.15, 0.2) is 0 Å². The molecule has 1 saturated heterocycles. The lowest BCUT2D eigenvalue weighted by Gasteiger charge is -2.32. The minimum atomic E-state index is -0.449. The molecule has 1 aliphatic heterocycles. The number of piperidine rings is 1. The fourth-order valence-electron chi connectivity index (χ4n) is 2.75. The molecule has 1 aromatic carbocycles. The number of pyridine rings is 1. The Hall–Kier alpha value is -2.43. The first-order valence-electron chi connectivity index (χ1n) is 7.89. The molecule has 5 heteroatoms. The maximum Gasteiger partial charge on any atom is 0.257 e. The molecular weight excluding hydrogens is 293 g/mol. The van der Waals surface area contributed by atoms with Crippen molar-refractivity contribution in [1.29, 1.82) is 0 Å². The number of amides is 1. The summed E-state index contributed by atoms with van der Waals surface area (Å²) >= 11 is 0. The number of benzene rings is 1. The molecule has 0 bridgehead atoms. The van der Waals surface area contributed by atoms with Gasteiger partial charge in [0.05, 0.1) is 23.1 Å². The summed E-state index contributed by atoms with van der Waals surface area (Å²) in [7, 11) is 0. The van der Waals surface area contributed by atoms with E-state index < -0.39 is 5.82 Å². The summed E-state index contributed by atoms with van der Waals surface area (Å²) in [6.07, 6.45) is 5.57. The van der Waals surface area contributed by atoms with Gasteiger partial charge < -0.3 is 10.2 Å². The molecule has 3 rings (SSSR count). The van der Waals surface area contributed by atoms with Crippen molar-refractivity contribution < 1.29 is 9.18 Å². The molecule has 1 aliphatic rings. The van der Waals surface area contributed by atoms with Gasteiger partial charge >= 0.3 is 0 Å². The zero-order valence-corrected chi connectivity index (χ0v) is 13.1. The van der Waals surface area contributed by atoms with Crippen molar-refractivity contribution in [2.24, 2.45) is 5.92 Å². The molecule has 1 fully saturated rings. The van der Waals surface area contributed by atoms with Gasteiger partial charge in [-0.1, -0.05) is 19.1 Å². The lowest BCUT2D eigenvalue weighted by atomic mass is 9.99. The van der Waals surface area contributed by atoms with Crippen LogP contribution in [-0.2, 0) is 0 Å². The van der Waals surface area contributed by atoms with Gasteiger partial charge in [-0.3, -0.25) is 9.78 Å². The van der Waals surface area contributed by atoms with Gasteiger partial charge in [0.2, 0.25) is 0 Å². The quantitative estimate of drug-likeness (QED) is 0.939. The van der Waals surface area contributed by atoms with Crippen LogP contribution in [0.15, 0.2) is 42.7 Å². The second-order valence-corrected chi connectivity index (χ2v) is 6.04. The Bertz CT molecular complexity index is 696. The van der Waals surface area contributed by atoms with Crippen molar-refractivity contribution in [3.8, 4) is 0 Å². The van der Waals surface area contributed by atoms with Crippen LogP contribution >= 0.6 is 0 Å². The number of carbonyl (C=O) groups is 1. The van der Waals surface area contributed by atoms with E-state index in [1.807, 2.05) is 6.07 Å². The standard InChI is InChI=1S/C18H20FN3O/c1-13-6-8-22(9-7-13)15-10-14(11-20-12-15)18(23)21-17-5-3-2-4-16(17)19/h2-5,10-13H,6-9H2,1H3,(H,21,23). The third-order valence-electron chi connectivity index (χ3n) is 4.26. The van der Waals surface area contributed by atoms with Crippen LogP contribution in [0.25, 0.3) is 0 Å². The Balaban J connectivity index is 1.74. The zero-order valence-electron chi connectivity index (χ0n) is 13.1. The smallest absolute Gasteiger partial charge is 0.257 e. The molecule has 0 aliphatic carbocycles. The van der Waals surface area contributed by atoms with Crippen LogP contribution in [0, 0.1) is 11.7 Å². The summed E-state index contributed by atoms with van der Waals surface area (Å²) < 4.78 is 13.6. The van der Waals surface area contributed by atoms with E-state index in [0.29, 0.717) is 5.56 Å². The van der Waals surface area contributed by atoms with Gasteiger partial charge in [-0.2, -0.15) is 0 Å². The Morgan fingerprint density at radius 2 is 2.00 bits per heavy atom. The van der Waals surface area contributed by atoms with E-state index in [2.05, 4.69) is 22.1 Å². The molecule has 1 N–H and O–H groups in total.